The molecule has 0 saturated carbocycles. The Bertz CT molecular complexity index is 612. The van der Waals surface area contributed by atoms with E-state index < -0.39 is 0 Å². The Morgan fingerprint density at radius 2 is 1.24 bits per heavy atom. The molecule has 0 aromatic heterocycles. The molecular formula is C18H19Cl2N. The number of hydrogen-bond acceptors (Lipinski definition) is 1. The average Bonchev–Trinajstić information content (AvgIpc) is 3.18. The zero-order valence-electron chi connectivity index (χ0n) is 12.3. The Kier molecular flexibility index (Phi) is 3.77. The molecule has 0 amide bonds. The lowest BCUT2D eigenvalue weighted by Crippen LogP contribution is -2.21. The summed E-state index contributed by atoms with van der Waals surface area (Å²) in [6.07, 6.45) is 2.02. The first-order valence-corrected chi connectivity index (χ1v) is 8.15. The van der Waals surface area contributed by atoms with Crippen LogP contribution in [0.25, 0.3) is 0 Å². The SMILES string of the molecule is CCC1(c2cccc(Cl)c2)NC1(CC)c1cccc(Cl)c1. The summed E-state index contributed by atoms with van der Waals surface area (Å²) >= 11 is 12.4. The number of hydrogen-bond donors (Lipinski definition) is 1. The van der Waals surface area contributed by atoms with Crippen LogP contribution in [-0.4, -0.2) is 0 Å². The molecule has 2 unspecified atom stereocenters. The van der Waals surface area contributed by atoms with Crippen LogP contribution in [0, 0.1) is 0 Å². The molecule has 1 fully saturated rings. The quantitative estimate of drug-likeness (QED) is 0.737. The van der Waals surface area contributed by atoms with Crippen LogP contribution in [0.15, 0.2) is 48.5 Å². The van der Waals surface area contributed by atoms with E-state index in [0.29, 0.717) is 0 Å². The number of halogens is 2. The molecule has 110 valence electrons. The van der Waals surface area contributed by atoms with Crippen molar-refractivity contribution in [3.63, 3.8) is 0 Å². The molecule has 1 aliphatic rings. The summed E-state index contributed by atoms with van der Waals surface area (Å²) in [6.45, 7) is 4.44. The first-order chi connectivity index (χ1) is 10.1. The van der Waals surface area contributed by atoms with Crippen molar-refractivity contribution in [2.24, 2.45) is 0 Å². The van der Waals surface area contributed by atoms with Crippen molar-refractivity contribution in [1.82, 2.24) is 5.32 Å². The van der Waals surface area contributed by atoms with E-state index in [2.05, 4.69) is 43.4 Å². The summed E-state index contributed by atoms with van der Waals surface area (Å²) < 4.78 is 0. The van der Waals surface area contributed by atoms with Crippen LogP contribution in [0.4, 0.5) is 0 Å². The standard InChI is InChI=1S/C18H19Cl2N/c1-3-17(13-7-5-9-15(19)11-13)18(4-2,21-17)14-8-6-10-16(20)12-14/h5-12,21H,3-4H2,1-2H3. The van der Waals surface area contributed by atoms with E-state index >= 15 is 0 Å². The maximum atomic E-state index is 6.19. The fraction of sp³-hybridized carbons (Fsp3) is 0.333. The fourth-order valence-electron chi connectivity index (χ4n) is 3.67. The summed E-state index contributed by atoms with van der Waals surface area (Å²) in [7, 11) is 0. The molecule has 1 saturated heterocycles. The lowest BCUT2D eigenvalue weighted by Gasteiger charge is -2.22. The van der Waals surface area contributed by atoms with Gasteiger partial charge in [0.25, 0.3) is 0 Å². The maximum absolute atomic E-state index is 6.19. The van der Waals surface area contributed by atoms with Gasteiger partial charge in [0, 0.05) is 10.0 Å². The minimum Gasteiger partial charge on any atom is -0.294 e. The van der Waals surface area contributed by atoms with Gasteiger partial charge in [-0.25, -0.2) is 0 Å². The van der Waals surface area contributed by atoms with Gasteiger partial charge in [-0.05, 0) is 48.2 Å². The topological polar surface area (TPSA) is 21.9 Å². The monoisotopic (exact) mass is 319 g/mol. The first kappa shape index (κ1) is 14.9. The molecule has 0 spiro atoms. The third-order valence-corrected chi connectivity index (χ3v) is 5.26. The molecular weight excluding hydrogens is 301 g/mol. The predicted octanol–water partition coefficient (Wildman–Crippen LogP) is 5.51. The molecule has 21 heavy (non-hydrogen) atoms. The lowest BCUT2D eigenvalue weighted by molar-refractivity contribution is 0.507. The van der Waals surface area contributed by atoms with Gasteiger partial charge >= 0.3 is 0 Å². The van der Waals surface area contributed by atoms with Crippen molar-refractivity contribution >= 4 is 23.2 Å². The van der Waals surface area contributed by atoms with E-state index in [1.807, 2.05) is 24.3 Å². The van der Waals surface area contributed by atoms with Gasteiger partial charge in [-0.1, -0.05) is 61.3 Å². The third kappa shape index (κ3) is 2.19. The minimum atomic E-state index is -0.0582. The number of rotatable bonds is 4. The molecule has 0 aliphatic carbocycles. The van der Waals surface area contributed by atoms with Crippen LogP contribution in [0.2, 0.25) is 10.0 Å². The molecule has 1 N–H and O–H groups in total. The summed E-state index contributed by atoms with van der Waals surface area (Å²) in [4.78, 5) is 0. The third-order valence-electron chi connectivity index (χ3n) is 4.79. The van der Waals surface area contributed by atoms with E-state index in [9.17, 15) is 0 Å². The van der Waals surface area contributed by atoms with Crippen molar-refractivity contribution in [2.75, 3.05) is 0 Å². The highest BCUT2D eigenvalue weighted by Crippen LogP contribution is 2.58. The Hall–Kier alpha value is -1.02. The van der Waals surface area contributed by atoms with Crippen molar-refractivity contribution in [3.05, 3.63) is 69.7 Å². The van der Waals surface area contributed by atoms with Gasteiger partial charge in [0.05, 0.1) is 11.1 Å². The van der Waals surface area contributed by atoms with E-state index in [1.165, 1.54) is 11.1 Å². The largest absolute Gasteiger partial charge is 0.294 e. The molecule has 0 bridgehead atoms. The number of benzene rings is 2. The number of nitrogens with one attached hydrogen (secondary N) is 1. The molecule has 2 aromatic rings. The Morgan fingerprint density at radius 3 is 1.57 bits per heavy atom. The molecule has 3 heteroatoms. The second kappa shape index (κ2) is 5.31. The van der Waals surface area contributed by atoms with Crippen molar-refractivity contribution in [3.8, 4) is 0 Å². The van der Waals surface area contributed by atoms with Crippen molar-refractivity contribution in [2.45, 2.75) is 37.8 Å². The van der Waals surface area contributed by atoms with E-state index in [1.54, 1.807) is 0 Å². The van der Waals surface area contributed by atoms with E-state index in [-0.39, 0.29) is 11.1 Å². The molecule has 1 heterocycles. The Morgan fingerprint density at radius 1 is 0.810 bits per heavy atom. The Labute approximate surface area is 136 Å². The first-order valence-electron chi connectivity index (χ1n) is 7.39. The zero-order chi connectivity index (χ0) is 15.1. The Balaban J connectivity index is 2.10. The van der Waals surface area contributed by atoms with Gasteiger partial charge < -0.3 is 0 Å². The maximum Gasteiger partial charge on any atom is 0.0667 e. The highest BCUT2D eigenvalue weighted by atomic mass is 35.5. The summed E-state index contributed by atoms with van der Waals surface area (Å²) in [6, 6.07) is 16.3. The fourth-order valence-corrected chi connectivity index (χ4v) is 4.05. The second-order valence-corrected chi connectivity index (χ2v) is 6.54. The smallest absolute Gasteiger partial charge is 0.0667 e. The van der Waals surface area contributed by atoms with E-state index in [0.717, 1.165) is 22.9 Å². The van der Waals surface area contributed by atoms with E-state index in [4.69, 9.17) is 23.2 Å². The van der Waals surface area contributed by atoms with Crippen LogP contribution >= 0.6 is 23.2 Å². The van der Waals surface area contributed by atoms with Crippen LogP contribution < -0.4 is 5.32 Å². The summed E-state index contributed by atoms with van der Waals surface area (Å²) in [5, 5.41) is 5.33. The van der Waals surface area contributed by atoms with Gasteiger partial charge in [-0.15, -0.1) is 0 Å². The van der Waals surface area contributed by atoms with Gasteiger partial charge in [0.2, 0.25) is 0 Å². The molecule has 0 radical (unpaired) electrons. The highest BCUT2D eigenvalue weighted by molar-refractivity contribution is 6.31. The molecule has 1 nitrogen and oxygen atoms in total. The minimum absolute atomic E-state index is 0.0582. The predicted molar refractivity (Wildman–Crippen MR) is 90.0 cm³/mol. The molecule has 1 aliphatic heterocycles. The van der Waals surface area contributed by atoms with Crippen LogP contribution in [-0.2, 0) is 11.1 Å². The lowest BCUT2D eigenvalue weighted by atomic mass is 9.78. The zero-order valence-corrected chi connectivity index (χ0v) is 13.8. The van der Waals surface area contributed by atoms with Gasteiger partial charge in [0.15, 0.2) is 0 Å². The molecule has 2 aromatic carbocycles. The van der Waals surface area contributed by atoms with Crippen LogP contribution in [0.1, 0.15) is 37.8 Å². The van der Waals surface area contributed by atoms with Gasteiger partial charge in [0.1, 0.15) is 0 Å². The van der Waals surface area contributed by atoms with Crippen molar-refractivity contribution < 1.29 is 0 Å². The van der Waals surface area contributed by atoms with Gasteiger partial charge in [-0.3, -0.25) is 5.32 Å². The van der Waals surface area contributed by atoms with Crippen LogP contribution in [0.5, 0.6) is 0 Å². The normalized spacial score (nSPS) is 27.6. The van der Waals surface area contributed by atoms with Gasteiger partial charge in [-0.2, -0.15) is 0 Å². The molecule has 3 rings (SSSR count). The molecule has 2 atom stereocenters. The second-order valence-electron chi connectivity index (χ2n) is 5.66. The highest BCUT2D eigenvalue weighted by Gasteiger charge is 2.66. The van der Waals surface area contributed by atoms with Crippen LogP contribution in [0.3, 0.4) is 0 Å². The summed E-state index contributed by atoms with van der Waals surface area (Å²) in [5.41, 5.74) is 2.38. The average molecular weight is 320 g/mol. The van der Waals surface area contributed by atoms with Crippen molar-refractivity contribution in [1.29, 1.82) is 0 Å². The summed E-state index contributed by atoms with van der Waals surface area (Å²) in [5.74, 6) is 0.